The molecular weight excluding hydrogens is 230 g/mol. The topological polar surface area (TPSA) is 50.7 Å². The predicted molar refractivity (Wildman–Crippen MR) is 70.4 cm³/mol. The number of benzene rings is 1. The summed E-state index contributed by atoms with van der Waals surface area (Å²) in [7, 11) is 1.65. The summed E-state index contributed by atoms with van der Waals surface area (Å²) in [5, 5.41) is 12.1. The smallest absolute Gasteiger partial charge is 0.161 e. The molecule has 1 aliphatic heterocycles. The minimum absolute atomic E-state index is 0.0131. The lowest BCUT2D eigenvalue weighted by molar-refractivity contribution is 0.196. The number of hydrogen-bond acceptors (Lipinski definition) is 4. The van der Waals surface area contributed by atoms with Crippen molar-refractivity contribution in [1.29, 1.82) is 0 Å². The first-order valence-electron chi connectivity index (χ1n) is 6.47. The van der Waals surface area contributed by atoms with Crippen LogP contribution < -0.4 is 14.8 Å². The van der Waals surface area contributed by atoms with E-state index in [1.165, 1.54) is 18.4 Å². The van der Waals surface area contributed by atoms with Crippen LogP contribution in [-0.2, 0) is 0 Å². The molecule has 100 valence electrons. The molecule has 0 unspecified atom stereocenters. The lowest BCUT2D eigenvalue weighted by Gasteiger charge is -2.23. The maximum atomic E-state index is 8.78. The van der Waals surface area contributed by atoms with E-state index in [1.807, 2.05) is 6.07 Å². The largest absolute Gasteiger partial charge is 0.493 e. The highest BCUT2D eigenvalue weighted by molar-refractivity contribution is 5.44. The first-order chi connectivity index (χ1) is 8.85. The second-order valence-electron chi connectivity index (χ2n) is 4.51. The number of nitrogens with one attached hydrogen (secondary N) is 1. The van der Waals surface area contributed by atoms with Gasteiger partial charge >= 0.3 is 0 Å². The summed E-state index contributed by atoms with van der Waals surface area (Å²) in [6, 6.07) is 6.10. The molecule has 1 aromatic carbocycles. The maximum Gasteiger partial charge on any atom is 0.161 e. The molecule has 18 heavy (non-hydrogen) atoms. The van der Waals surface area contributed by atoms with Crippen molar-refractivity contribution >= 4 is 0 Å². The van der Waals surface area contributed by atoms with Crippen LogP contribution in [0.5, 0.6) is 11.5 Å². The highest BCUT2D eigenvalue weighted by atomic mass is 16.5. The maximum absolute atomic E-state index is 8.78. The molecule has 1 aromatic rings. The average Bonchev–Trinajstić information content (AvgIpc) is 2.46. The number of aliphatic hydroxyl groups excluding tert-OH is 1. The summed E-state index contributed by atoms with van der Waals surface area (Å²) >= 11 is 0. The van der Waals surface area contributed by atoms with E-state index in [0.29, 0.717) is 18.3 Å². The zero-order valence-corrected chi connectivity index (χ0v) is 10.8. The second kappa shape index (κ2) is 6.61. The van der Waals surface area contributed by atoms with Crippen molar-refractivity contribution < 1.29 is 14.6 Å². The van der Waals surface area contributed by atoms with Gasteiger partial charge < -0.3 is 19.9 Å². The van der Waals surface area contributed by atoms with Gasteiger partial charge in [-0.3, -0.25) is 0 Å². The molecule has 0 radical (unpaired) electrons. The Hall–Kier alpha value is -1.26. The first-order valence-corrected chi connectivity index (χ1v) is 6.47. The molecule has 0 amide bonds. The van der Waals surface area contributed by atoms with E-state index in [9.17, 15) is 0 Å². The van der Waals surface area contributed by atoms with Crippen molar-refractivity contribution in [3.8, 4) is 11.5 Å². The van der Waals surface area contributed by atoms with E-state index in [1.54, 1.807) is 7.11 Å². The van der Waals surface area contributed by atoms with Crippen molar-refractivity contribution in [1.82, 2.24) is 5.32 Å². The summed E-state index contributed by atoms with van der Waals surface area (Å²) < 4.78 is 10.8. The third-order valence-corrected chi connectivity index (χ3v) is 3.35. The molecule has 2 N–H and O–H groups in total. The third-order valence-electron chi connectivity index (χ3n) is 3.35. The van der Waals surface area contributed by atoms with Gasteiger partial charge in [-0.15, -0.1) is 0 Å². The lowest BCUT2D eigenvalue weighted by Crippen LogP contribution is -2.26. The molecule has 0 saturated carbocycles. The van der Waals surface area contributed by atoms with Crippen LogP contribution in [0.15, 0.2) is 18.2 Å². The number of ether oxygens (including phenoxy) is 2. The Balaban J connectivity index is 2.12. The predicted octanol–water partition coefficient (Wildman–Crippen LogP) is 1.53. The number of hydrogen-bond donors (Lipinski definition) is 2. The van der Waals surface area contributed by atoms with E-state index in [4.69, 9.17) is 14.6 Å². The van der Waals surface area contributed by atoms with Crippen molar-refractivity contribution in [2.45, 2.75) is 18.8 Å². The van der Waals surface area contributed by atoms with Crippen LogP contribution in [0, 0.1) is 0 Å². The summed E-state index contributed by atoms with van der Waals surface area (Å²) in [6.07, 6.45) is 2.33. The molecule has 0 spiro atoms. The lowest BCUT2D eigenvalue weighted by atomic mass is 9.90. The minimum Gasteiger partial charge on any atom is -0.493 e. The highest BCUT2D eigenvalue weighted by Gasteiger charge is 2.17. The monoisotopic (exact) mass is 251 g/mol. The Kier molecular flexibility index (Phi) is 4.84. The van der Waals surface area contributed by atoms with Crippen molar-refractivity contribution in [2.75, 3.05) is 33.4 Å². The first kappa shape index (κ1) is 13.2. The van der Waals surface area contributed by atoms with E-state index >= 15 is 0 Å². The summed E-state index contributed by atoms with van der Waals surface area (Å²) in [5.74, 6) is 2.05. The number of rotatable bonds is 5. The summed E-state index contributed by atoms with van der Waals surface area (Å²) in [4.78, 5) is 0. The van der Waals surface area contributed by atoms with Gasteiger partial charge in [0, 0.05) is 0 Å². The minimum atomic E-state index is 0.0131. The van der Waals surface area contributed by atoms with E-state index in [-0.39, 0.29) is 6.61 Å². The van der Waals surface area contributed by atoms with Crippen LogP contribution in [0.3, 0.4) is 0 Å². The van der Waals surface area contributed by atoms with Gasteiger partial charge in [-0.2, -0.15) is 0 Å². The standard InChI is InChI=1S/C14H21NO3/c1-17-14-10-12(11-4-6-15-7-5-11)2-3-13(14)18-9-8-16/h2-3,10-11,15-16H,4-9H2,1H3. The quantitative estimate of drug-likeness (QED) is 0.833. The summed E-state index contributed by atoms with van der Waals surface area (Å²) in [6.45, 7) is 2.47. The van der Waals surface area contributed by atoms with Gasteiger partial charge in [0.2, 0.25) is 0 Å². The van der Waals surface area contributed by atoms with Crippen LogP contribution in [0.4, 0.5) is 0 Å². The molecule has 0 aliphatic carbocycles. The average molecular weight is 251 g/mol. The van der Waals surface area contributed by atoms with E-state index < -0.39 is 0 Å². The number of piperidine rings is 1. The van der Waals surface area contributed by atoms with Gasteiger partial charge in [-0.25, -0.2) is 0 Å². The third kappa shape index (κ3) is 3.15. The fraction of sp³-hybridized carbons (Fsp3) is 0.571. The van der Waals surface area contributed by atoms with Gasteiger partial charge in [0.15, 0.2) is 11.5 Å². The fourth-order valence-corrected chi connectivity index (χ4v) is 2.37. The molecule has 0 aromatic heterocycles. The molecular formula is C14H21NO3. The Bertz CT molecular complexity index is 375. The van der Waals surface area contributed by atoms with Gasteiger partial charge in [0.25, 0.3) is 0 Å². The number of aliphatic hydroxyl groups is 1. The van der Waals surface area contributed by atoms with Gasteiger partial charge in [-0.05, 0) is 49.5 Å². The highest BCUT2D eigenvalue weighted by Crippen LogP contribution is 2.33. The van der Waals surface area contributed by atoms with Crippen LogP contribution in [0.25, 0.3) is 0 Å². The molecule has 4 nitrogen and oxygen atoms in total. The SMILES string of the molecule is COc1cc(C2CCNCC2)ccc1OCCO. The van der Waals surface area contributed by atoms with E-state index in [2.05, 4.69) is 17.4 Å². The Morgan fingerprint density at radius 2 is 2.06 bits per heavy atom. The Labute approximate surface area is 108 Å². The van der Waals surface area contributed by atoms with Crippen molar-refractivity contribution in [3.05, 3.63) is 23.8 Å². The van der Waals surface area contributed by atoms with E-state index in [0.717, 1.165) is 18.8 Å². The molecule has 2 rings (SSSR count). The van der Waals surface area contributed by atoms with Crippen LogP contribution in [0.2, 0.25) is 0 Å². The van der Waals surface area contributed by atoms with Crippen LogP contribution in [0.1, 0.15) is 24.3 Å². The summed E-state index contributed by atoms with van der Waals surface area (Å²) in [5.41, 5.74) is 1.31. The molecule has 0 atom stereocenters. The van der Waals surface area contributed by atoms with Crippen molar-refractivity contribution in [2.24, 2.45) is 0 Å². The zero-order chi connectivity index (χ0) is 12.8. The Morgan fingerprint density at radius 3 is 2.72 bits per heavy atom. The normalized spacial score (nSPS) is 16.6. The van der Waals surface area contributed by atoms with Gasteiger partial charge in [0.05, 0.1) is 13.7 Å². The molecule has 1 saturated heterocycles. The van der Waals surface area contributed by atoms with Crippen molar-refractivity contribution in [3.63, 3.8) is 0 Å². The second-order valence-corrected chi connectivity index (χ2v) is 4.51. The van der Waals surface area contributed by atoms with Gasteiger partial charge in [-0.1, -0.05) is 6.07 Å². The van der Waals surface area contributed by atoms with Gasteiger partial charge in [0.1, 0.15) is 6.61 Å². The van der Waals surface area contributed by atoms with Crippen LogP contribution >= 0.6 is 0 Å². The zero-order valence-electron chi connectivity index (χ0n) is 10.8. The number of methoxy groups -OCH3 is 1. The molecule has 0 bridgehead atoms. The molecule has 1 aliphatic rings. The Morgan fingerprint density at radius 1 is 1.28 bits per heavy atom. The van der Waals surface area contributed by atoms with Crippen LogP contribution in [-0.4, -0.2) is 38.5 Å². The molecule has 1 fully saturated rings. The molecule has 1 heterocycles. The fourth-order valence-electron chi connectivity index (χ4n) is 2.37. The molecule has 4 heteroatoms.